The highest BCUT2D eigenvalue weighted by Gasteiger charge is 2.21. The van der Waals surface area contributed by atoms with Crippen LogP contribution in [-0.2, 0) is 28.9 Å². The van der Waals surface area contributed by atoms with Gasteiger partial charge in [0, 0.05) is 0 Å². The quantitative estimate of drug-likeness (QED) is 0.844. The zero-order chi connectivity index (χ0) is 15.4. The van der Waals surface area contributed by atoms with Crippen molar-refractivity contribution < 1.29 is 14.7 Å². The number of carboxylic acids is 1. The van der Waals surface area contributed by atoms with Crippen LogP contribution in [0.3, 0.4) is 0 Å². The molecule has 4 heteroatoms. The summed E-state index contributed by atoms with van der Waals surface area (Å²) in [7, 11) is 0. The molecule has 0 bridgehead atoms. The normalized spacial score (nSPS) is 14.8. The van der Waals surface area contributed by atoms with Crippen molar-refractivity contribution in [1.29, 1.82) is 0 Å². The van der Waals surface area contributed by atoms with Crippen molar-refractivity contribution in [2.24, 2.45) is 5.92 Å². The summed E-state index contributed by atoms with van der Waals surface area (Å²) in [6.45, 7) is 3.89. The van der Waals surface area contributed by atoms with Gasteiger partial charge in [-0.3, -0.25) is 4.79 Å². The van der Waals surface area contributed by atoms with E-state index >= 15 is 0 Å². The molecule has 1 aliphatic rings. The van der Waals surface area contributed by atoms with Crippen LogP contribution in [0.25, 0.3) is 0 Å². The van der Waals surface area contributed by atoms with E-state index in [2.05, 4.69) is 17.4 Å². The first-order valence-corrected chi connectivity index (χ1v) is 7.58. The SMILES string of the molecule is CC(C)C[C@H](NC(=O)Cc1ccc2c(c1)CCC2)C(=O)O. The monoisotopic (exact) mass is 289 g/mol. The third kappa shape index (κ3) is 4.31. The van der Waals surface area contributed by atoms with Gasteiger partial charge in [0.05, 0.1) is 6.42 Å². The van der Waals surface area contributed by atoms with Gasteiger partial charge >= 0.3 is 5.97 Å². The summed E-state index contributed by atoms with van der Waals surface area (Å²) < 4.78 is 0. The van der Waals surface area contributed by atoms with Gasteiger partial charge in [-0.1, -0.05) is 32.0 Å². The molecule has 0 saturated heterocycles. The molecule has 114 valence electrons. The lowest BCUT2D eigenvalue weighted by molar-refractivity contribution is -0.142. The molecule has 0 heterocycles. The molecule has 0 fully saturated rings. The number of amides is 1. The van der Waals surface area contributed by atoms with Gasteiger partial charge in [-0.2, -0.15) is 0 Å². The maximum Gasteiger partial charge on any atom is 0.326 e. The average molecular weight is 289 g/mol. The number of benzene rings is 1. The van der Waals surface area contributed by atoms with Gasteiger partial charge in [0.25, 0.3) is 0 Å². The number of aryl methyl sites for hydroxylation is 2. The van der Waals surface area contributed by atoms with E-state index in [0.29, 0.717) is 6.42 Å². The topological polar surface area (TPSA) is 66.4 Å². The molecular formula is C17H23NO3. The molecule has 0 radical (unpaired) electrons. The van der Waals surface area contributed by atoms with Gasteiger partial charge in [0.2, 0.25) is 5.91 Å². The molecule has 4 nitrogen and oxygen atoms in total. The van der Waals surface area contributed by atoms with Crippen LogP contribution in [0.4, 0.5) is 0 Å². The molecule has 21 heavy (non-hydrogen) atoms. The van der Waals surface area contributed by atoms with E-state index in [1.165, 1.54) is 17.5 Å². The van der Waals surface area contributed by atoms with Crippen molar-refractivity contribution in [2.75, 3.05) is 0 Å². The van der Waals surface area contributed by atoms with Crippen molar-refractivity contribution in [1.82, 2.24) is 5.32 Å². The molecule has 2 rings (SSSR count). The summed E-state index contributed by atoms with van der Waals surface area (Å²) >= 11 is 0. The smallest absolute Gasteiger partial charge is 0.326 e. The van der Waals surface area contributed by atoms with Gasteiger partial charge in [-0.15, -0.1) is 0 Å². The predicted octanol–water partition coefficient (Wildman–Crippen LogP) is 2.33. The second-order valence-electron chi connectivity index (χ2n) is 6.22. The summed E-state index contributed by atoms with van der Waals surface area (Å²) in [5, 5.41) is 11.8. The van der Waals surface area contributed by atoms with Crippen LogP contribution < -0.4 is 5.32 Å². The van der Waals surface area contributed by atoms with Crippen LogP contribution in [0.2, 0.25) is 0 Å². The minimum absolute atomic E-state index is 0.221. The molecule has 1 aromatic carbocycles. The molecule has 1 aliphatic carbocycles. The van der Waals surface area contributed by atoms with Crippen LogP contribution in [0, 0.1) is 5.92 Å². The molecule has 0 aromatic heterocycles. The summed E-state index contributed by atoms with van der Waals surface area (Å²) in [6.07, 6.45) is 4.08. The Labute approximate surface area is 125 Å². The molecular weight excluding hydrogens is 266 g/mol. The average Bonchev–Trinajstić information content (AvgIpc) is 2.84. The van der Waals surface area contributed by atoms with Crippen molar-refractivity contribution in [3.05, 3.63) is 34.9 Å². The van der Waals surface area contributed by atoms with E-state index in [1.807, 2.05) is 19.9 Å². The number of rotatable bonds is 6. The fourth-order valence-corrected chi connectivity index (χ4v) is 2.86. The number of hydrogen-bond donors (Lipinski definition) is 2. The Morgan fingerprint density at radius 2 is 1.95 bits per heavy atom. The lowest BCUT2D eigenvalue weighted by Gasteiger charge is -2.16. The van der Waals surface area contributed by atoms with Crippen LogP contribution in [0.1, 0.15) is 43.4 Å². The zero-order valence-electron chi connectivity index (χ0n) is 12.7. The van der Waals surface area contributed by atoms with Gasteiger partial charge in [0.1, 0.15) is 6.04 Å². The third-order valence-electron chi connectivity index (χ3n) is 3.87. The van der Waals surface area contributed by atoms with Crippen LogP contribution in [0.15, 0.2) is 18.2 Å². The lowest BCUT2D eigenvalue weighted by atomic mass is 10.0. The molecule has 1 atom stereocenters. The fourth-order valence-electron chi connectivity index (χ4n) is 2.86. The van der Waals surface area contributed by atoms with E-state index in [4.69, 9.17) is 5.11 Å². The van der Waals surface area contributed by atoms with E-state index in [1.54, 1.807) is 0 Å². The van der Waals surface area contributed by atoms with Crippen molar-refractivity contribution >= 4 is 11.9 Å². The van der Waals surface area contributed by atoms with E-state index < -0.39 is 12.0 Å². The number of aliphatic carboxylic acids is 1. The first-order chi connectivity index (χ1) is 9.95. The number of hydrogen-bond acceptors (Lipinski definition) is 2. The predicted molar refractivity (Wildman–Crippen MR) is 81.2 cm³/mol. The maximum atomic E-state index is 12.0. The van der Waals surface area contributed by atoms with Crippen molar-refractivity contribution in [3.8, 4) is 0 Å². The summed E-state index contributed by atoms with van der Waals surface area (Å²) in [5.41, 5.74) is 3.67. The highest BCUT2D eigenvalue weighted by molar-refractivity contribution is 5.84. The first-order valence-electron chi connectivity index (χ1n) is 7.58. The molecule has 0 unspecified atom stereocenters. The van der Waals surface area contributed by atoms with Crippen molar-refractivity contribution in [3.63, 3.8) is 0 Å². The van der Waals surface area contributed by atoms with E-state index in [-0.39, 0.29) is 18.2 Å². The Balaban J connectivity index is 1.96. The minimum Gasteiger partial charge on any atom is -0.480 e. The largest absolute Gasteiger partial charge is 0.480 e. The Morgan fingerprint density at radius 1 is 1.24 bits per heavy atom. The number of fused-ring (bicyclic) bond motifs is 1. The molecule has 1 amide bonds. The fraction of sp³-hybridized carbons (Fsp3) is 0.529. The molecule has 1 aromatic rings. The Morgan fingerprint density at radius 3 is 2.62 bits per heavy atom. The van der Waals surface area contributed by atoms with Crippen LogP contribution in [0.5, 0.6) is 0 Å². The van der Waals surface area contributed by atoms with Crippen molar-refractivity contribution in [2.45, 2.75) is 52.0 Å². The number of nitrogens with one attached hydrogen (secondary N) is 1. The van der Waals surface area contributed by atoms with Gasteiger partial charge < -0.3 is 10.4 Å². The second-order valence-corrected chi connectivity index (χ2v) is 6.22. The number of carboxylic acid groups (broad SMARTS) is 1. The third-order valence-corrected chi connectivity index (χ3v) is 3.87. The minimum atomic E-state index is -0.967. The molecule has 2 N–H and O–H groups in total. The Hall–Kier alpha value is -1.84. The van der Waals surface area contributed by atoms with Gasteiger partial charge in [0.15, 0.2) is 0 Å². The Bertz CT molecular complexity index is 537. The highest BCUT2D eigenvalue weighted by Crippen LogP contribution is 2.23. The van der Waals surface area contributed by atoms with Crippen LogP contribution >= 0.6 is 0 Å². The Kier molecular flexibility index (Phi) is 4.99. The first kappa shape index (κ1) is 15.5. The lowest BCUT2D eigenvalue weighted by Crippen LogP contribution is -2.42. The maximum absolute atomic E-state index is 12.0. The zero-order valence-corrected chi connectivity index (χ0v) is 12.7. The van der Waals surface area contributed by atoms with Gasteiger partial charge in [-0.25, -0.2) is 4.79 Å². The van der Waals surface area contributed by atoms with E-state index in [9.17, 15) is 9.59 Å². The molecule has 0 aliphatic heterocycles. The summed E-state index contributed by atoms with van der Waals surface area (Å²) in [4.78, 5) is 23.2. The highest BCUT2D eigenvalue weighted by atomic mass is 16.4. The summed E-state index contributed by atoms with van der Waals surface area (Å²) in [5.74, 6) is -0.960. The molecule has 0 spiro atoms. The van der Waals surface area contributed by atoms with Gasteiger partial charge in [-0.05, 0) is 48.3 Å². The standard InChI is InChI=1S/C17H23NO3/c1-11(2)8-15(17(20)21)18-16(19)10-12-6-7-13-4-3-5-14(13)9-12/h6-7,9,11,15H,3-5,8,10H2,1-2H3,(H,18,19)(H,20,21)/t15-/m0/s1. The van der Waals surface area contributed by atoms with Crippen LogP contribution in [-0.4, -0.2) is 23.0 Å². The number of carbonyl (C=O) groups is 2. The van der Waals surface area contributed by atoms with E-state index in [0.717, 1.165) is 18.4 Å². The molecule has 0 saturated carbocycles. The summed E-state index contributed by atoms with van der Waals surface area (Å²) in [6, 6.07) is 5.35. The second kappa shape index (κ2) is 6.74. The number of carbonyl (C=O) groups excluding carboxylic acids is 1.